The van der Waals surface area contributed by atoms with Crippen LogP contribution in [0.4, 0.5) is 5.95 Å². The first kappa shape index (κ1) is 8.76. The highest BCUT2D eigenvalue weighted by Gasteiger charge is 2.18. The third-order valence-electron chi connectivity index (χ3n) is 1.27. The molecule has 12 heavy (non-hydrogen) atoms. The van der Waals surface area contributed by atoms with Crippen molar-refractivity contribution in [2.24, 2.45) is 0 Å². The van der Waals surface area contributed by atoms with E-state index in [4.69, 9.17) is 20.5 Å². The minimum Gasteiger partial charge on any atom is -0.481 e. The molecule has 1 heterocycles. The zero-order valence-corrected chi connectivity index (χ0v) is 6.43. The van der Waals surface area contributed by atoms with Crippen LogP contribution in [0.2, 0.25) is 0 Å². The van der Waals surface area contributed by atoms with Crippen molar-refractivity contribution in [2.75, 3.05) is 12.8 Å². The molecule has 1 rings (SSSR count). The van der Waals surface area contributed by atoms with Crippen LogP contribution < -0.4 is 15.9 Å². The molecule has 0 saturated heterocycles. The molecule has 64 valence electrons. The molecule has 0 unspecified atom stereocenters. The molecule has 0 amide bonds. The zero-order chi connectivity index (χ0) is 9.14. The second kappa shape index (κ2) is 3.37. The molecular weight excluding hydrogens is 161 g/mol. The number of nitrogens with zero attached hydrogens (tertiary/aromatic N) is 2. The van der Waals surface area contributed by atoms with Crippen LogP contribution in [0.25, 0.3) is 0 Å². The van der Waals surface area contributed by atoms with Crippen molar-refractivity contribution in [1.82, 2.24) is 9.97 Å². The maximum absolute atomic E-state index is 8.78. The second-order valence-electron chi connectivity index (χ2n) is 2.07. The Balaban J connectivity index is 3.11. The lowest BCUT2D eigenvalue weighted by atomic mass is 9.82. The summed E-state index contributed by atoms with van der Waals surface area (Å²) in [5.74, 6) is 0.0914. The summed E-state index contributed by atoms with van der Waals surface area (Å²) in [6, 6.07) is 0. The second-order valence-corrected chi connectivity index (χ2v) is 2.07. The Labute approximate surface area is 69.2 Å². The SMILES string of the molecule is COc1nc(N)ncc1B(O)O. The Morgan fingerprint density at radius 1 is 1.58 bits per heavy atom. The Bertz CT molecular complexity index is 281. The number of hydrogen-bond donors (Lipinski definition) is 3. The molecule has 0 aliphatic carbocycles. The molecule has 0 aliphatic rings. The number of nitrogen functional groups attached to an aromatic ring is 1. The topological polar surface area (TPSA) is 101 Å². The van der Waals surface area contributed by atoms with Crippen molar-refractivity contribution in [3.05, 3.63) is 6.20 Å². The highest BCUT2D eigenvalue weighted by Crippen LogP contribution is 2.02. The summed E-state index contributed by atoms with van der Waals surface area (Å²) in [5.41, 5.74) is 5.33. The highest BCUT2D eigenvalue weighted by atomic mass is 16.5. The summed E-state index contributed by atoms with van der Waals surface area (Å²) in [6.45, 7) is 0. The lowest BCUT2D eigenvalue weighted by Crippen LogP contribution is -2.32. The molecule has 1 aromatic rings. The normalized spacial score (nSPS) is 9.58. The molecular formula is C5H8BN3O3. The van der Waals surface area contributed by atoms with E-state index in [0.717, 1.165) is 0 Å². The van der Waals surface area contributed by atoms with Crippen LogP contribution in [-0.4, -0.2) is 34.2 Å². The standard InChI is InChI=1S/C5H8BN3O3/c1-12-4-3(6(10)11)2-8-5(7)9-4/h2,10-11H,1H3,(H2,7,8,9). The van der Waals surface area contributed by atoms with Crippen LogP contribution >= 0.6 is 0 Å². The summed E-state index contributed by atoms with van der Waals surface area (Å²) in [7, 11) is -0.297. The largest absolute Gasteiger partial charge is 0.495 e. The quantitative estimate of drug-likeness (QED) is 0.432. The summed E-state index contributed by atoms with van der Waals surface area (Å²) >= 11 is 0. The van der Waals surface area contributed by atoms with Gasteiger partial charge in [-0.2, -0.15) is 4.98 Å². The first-order valence-electron chi connectivity index (χ1n) is 3.17. The van der Waals surface area contributed by atoms with Crippen molar-refractivity contribution >= 4 is 18.5 Å². The van der Waals surface area contributed by atoms with Gasteiger partial charge in [-0.1, -0.05) is 0 Å². The number of methoxy groups -OCH3 is 1. The fourth-order valence-electron chi connectivity index (χ4n) is 0.729. The van der Waals surface area contributed by atoms with Crippen molar-refractivity contribution in [3.63, 3.8) is 0 Å². The van der Waals surface area contributed by atoms with Gasteiger partial charge in [0.2, 0.25) is 11.8 Å². The lowest BCUT2D eigenvalue weighted by Gasteiger charge is -2.05. The van der Waals surface area contributed by atoms with Crippen LogP contribution in [0.5, 0.6) is 5.88 Å². The average molecular weight is 169 g/mol. The van der Waals surface area contributed by atoms with Gasteiger partial charge in [0.15, 0.2) is 0 Å². The van der Waals surface area contributed by atoms with Crippen molar-refractivity contribution < 1.29 is 14.8 Å². The Morgan fingerprint density at radius 3 is 2.75 bits per heavy atom. The number of hydrogen-bond acceptors (Lipinski definition) is 6. The van der Waals surface area contributed by atoms with E-state index in [1.807, 2.05) is 0 Å². The van der Waals surface area contributed by atoms with E-state index in [9.17, 15) is 0 Å². The van der Waals surface area contributed by atoms with Crippen molar-refractivity contribution in [2.45, 2.75) is 0 Å². The third kappa shape index (κ3) is 1.63. The van der Waals surface area contributed by atoms with E-state index in [1.54, 1.807) is 0 Å². The zero-order valence-electron chi connectivity index (χ0n) is 6.43. The van der Waals surface area contributed by atoms with E-state index < -0.39 is 7.12 Å². The number of ether oxygens (including phenoxy) is 1. The molecule has 6 nitrogen and oxygen atoms in total. The molecule has 7 heteroatoms. The van der Waals surface area contributed by atoms with Crippen LogP contribution in [0.3, 0.4) is 0 Å². The number of anilines is 1. The Kier molecular flexibility index (Phi) is 2.46. The number of rotatable bonds is 2. The van der Waals surface area contributed by atoms with Crippen LogP contribution in [0.15, 0.2) is 6.20 Å². The first-order chi connectivity index (χ1) is 5.65. The van der Waals surface area contributed by atoms with Gasteiger partial charge in [0.1, 0.15) is 0 Å². The molecule has 4 N–H and O–H groups in total. The fourth-order valence-corrected chi connectivity index (χ4v) is 0.729. The molecule has 0 fully saturated rings. The van der Waals surface area contributed by atoms with Crippen LogP contribution in [0, 0.1) is 0 Å². The van der Waals surface area contributed by atoms with Gasteiger partial charge in [-0.05, 0) is 0 Å². The van der Waals surface area contributed by atoms with Crippen molar-refractivity contribution in [1.29, 1.82) is 0 Å². The van der Waals surface area contributed by atoms with Gasteiger partial charge >= 0.3 is 7.12 Å². The van der Waals surface area contributed by atoms with E-state index in [2.05, 4.69) is 9.97 Å². The number of nitrogens with two attached hydrogens (primary N) is 1. The predicted molar refractivity (Wildman–Crippen MR) is 42.8 cm³/mol. The Hall–Kier alpha value is -1.34. The lowest BCUT2D eigenvalue weighted by molar-refractivity contribution is 0.390. The van der Waals surface area contributed by atoms with E-state index >= 15 is 0 Å². The van der Waals surface area contributed by atoms with Gasteiger partial charge in [0.25, 0.3) is 0 Å². The van der Waals surface area contributed by atoms with Gasteiger partial charge in [-0.15, -0.1) is 0 Å². The molecule has 0 saturated carbocycles. The summed E-state index contributed by atoms with van der Waals surface area (Å²) in [6.07, 6.45) is 1.20. The van der Waals surface area contributed by atoms with Gasteiger partial charge in [-0.25, -0.2) is 4.98 Å². The van der Waals surface area contributed by atoms with Crippen LogP contribution in [0.1, 0.15) is 0 Å². The van der Waals surface area contributed by atoms with Gasteiger partial charge in [0.05, 0.1) is 12.6 Å². The molecule has 1 aromatic heterocycles. The predicted octanol–water partition coefficient (Wildman–Crippen LogP) is -2.25. The Morgan fingerprint density at radius 2 is 2.25 bits per heavy atom. The van der Waals surface area contributed by atoms with E-state index in [1.165, 1.54) is 13.3 Å². The summed E-state index contributed by atoms with van der Waals surface area (Å²) in [4.78, 5) is 7.21. The van der Waals surface area contributed by atoms with E-state index in [0.29, 0.717) is 0 Å². The maximum Gasteiger partial charge on any atom is 0.495 e. The minimum atomic E-state index is -1.65. The molecule has 0 spiro atoms. The average Bonchev–Trinajstić information content (AvgIpc) is 2.03. The molecule has 0 atom stereocenters. The smallest absolute Gasteiger partial charge is 0.481 e. The van der Waals surface area contributed by atoms with Crippen LogP contribution in [-0.2, 0) is 0 Å². The first-order valence-corrected chi connectivity index (χ1v) is 3.17. The van der Waals surface area contributed by atoms with Crippen molar-refractivity contribution in [3.8, 4) is 5.88 Å². The molecule has 0 radical (unpaired) electrons. The van der Waals surface area contributed by atoms with Gasteiger partial charge in [-0.3, -0.25) is 0 Å². The minimum absolute atomic E-state index is 0.0243. The fraction of sp³-hybridized carbons (Fsp3) is 0.200. The third-order valence-corrected chi connectivity index (χ3v) is 1.27. The number of aromatic nitrogens is 2. The molecule has 0 bridgehead atoms. The molecule has 0 aliphatic heterocycles. The van der Waals surface area contributed by atoms with E-state index in [-0.39, 0.29) is 17.3 Å². The maximum atomic E-state index is 8.78. The van der Waals surface area contributed by atoms with Gasteiger partial charge < -0.3 is 20.5 Å². The van der Waals surface area contributed by atoms with Gasteiger partial charge in [0, 0.05) is 6.20 Å². The monoisotopic (exact) mass is 169 g/mol. The summed E-state index contributed by atoms with van der Waals surface area (Å²) in [5, 5.41) is 17.6. The molecule has 0 aromatic carbocycles. The highest BCUT2D eigenvalue weighted by molar-refractivity contribution is 6.59. The summed E-state index contributed by atoms with van der Waals surface area (Å²) < 4.78 is 4.74.